The van der Waals surface area contributed by atoms with Gasteiger partial charge in [0.1, 0.15) is 0 Å². The first-order valence-corrected chi connectivity index (χ1v) is 22.8. The Hall–Kier alpha value is -8.99. The van der Waals surface area contributed by atoms with Crippen LogP contribution in [0.2, 0.25) is 0 Å². The molecule has 0 saturated heterocycles. The van der Waals surface area contributed by atoms with Gasteiger partial charge in [0.2, 0.25) is 0 Å². The summed E-state index contributed by atoms with van der Waals surface area (Å²) in [6.07, 6.45) is 0. The van der Waals surface area contributed by atoms with E-state index in [-0.39, 0.29) is 0 Å². The predicted molar refractivity (Wildman–Crippen MR) is 279 cm³/mol. The minimum Gasteiger partial charge on any atom is -0.309 e. The van der Waals surface area contributed by atoms with Crippen molar-refractivity contribution in [1.29, 1.82) is 0 Å². The van der Waals surface area contributed by atoms with Crippen LogP contribution in [-0.2, 0) is 0 Å². The second-order valence-electron chi connectivity index (χ2n) is 17.1. The van der Waals surface area contributed by atoms with Crippen LogP contribution in [0.5, 0.6) is 0 Å². The molecule has 2 heterocycles. The Bertz CT molecular complexity index is 3990. The van der Waals surface area contributed by atoms with E-state index in [9.17, 15) is 0 Å². The highest BCUT2D eigenvalue weighted by Gasteiger charge is 2.19. The molecule has 4 nitrogen and oxygen atoms in total. The second-order valence-corrected chi connectivity index (χ2v) is 17.1. The Morgan fingerprint density at radius 1 is 0.239 bits per heavy atom. The van der Waals surface area contributed by atoms with Crippen LogP contribution in [0.15, 0.2) is 243 Å². The quantitative estimate of drug-likeness (QED) is 0.160. The van der Waals surface area contributed by atoms with Crippen molar-refractivity contribution in [2.75, 3.05) is 0 Å². The van der Waals surface area contributed by atoms with Gasteiger partial charge in [-0.15, -0.1) is 0 Å². The maximum atomic E-state index is 5.35. The Labute approximate surface area is 387 Å². The first-order valence-electron chi connectivity index (χ1n) is 22.8. The van der Waals surface area contributed by atoms with Gasteiger partial charge in [0.05, 0.1) is 16.7 Å². The second kappa shape index (κ2) is 15.9. The van der Waals surface area contributed by atoms with E-state index in [4.69, 9.17) is 15.0 Å². The Kier molecular flexibility index (Phi) is 9.14. The van der Waals surface area contributed by atoms with E-state index in [2.05, 4.69) is 247 Å². The summed E-state index contributed by atoms with van der Waals surface area (Å²) in [4.78, 5) is 16.0. The summed E-state index contributed by atoms with van der Waals surface area (Å²) < 4.78 is 2.39. The van der Waals surface area contributed by atoms with Crippen molar-refractivity contribution in [2.24, 2.45) is 0 Å². The smallest absolute Gasteiger partial charge is 0.164 e. The Morgan fingerprint density at radius 2 is 0.672 bits per heavy atom. The molecule has 2 aromatic heterocycles. The van der Waals surface area contributed by atoms with Gasteiger partial charge < -0.3 is 4.57 Å². The number of para-hydroxylation sites is 2. The molecule has 13 rings (SSSR count). The third-order valence-electron chi connectivity index (χ3n) is 13.3. The molecule has 0 atom stereocenters. The van der Waals surface area contributed by atoms with Gasteiger partial charge in [0.25, 0.3) is 0 Å². The lowest BCUT2D eigenvalue weighted by Crippen LogP contribution is -2.02. The minimum absolute atomic E-state index is 0.611. The molecular weight excluding hydrogens is 813 g/mol. The highest BCUT2D eigenvalue weighted by molar-refractivity contribution is 6.11. The molecule has 0 radical (unpaired) electrons. The van der Waals surface area contributed by atoms with Crippen molar-refractivity contribution >= 4 is 54.1 Å². The molecule has 0 fully saturated rings. The molecular formula is C63H40N4. The van der Waals surface area contributed by atoms with Crippen LogP contribution >= 0.6 is 0 Å². The third-order valence-corrected chi connectivity index (χ3v) is 13.3. The van der Waals surface area contributed by atoms with Crippen LogP contribution in [-0.4, -0.2) is 19.5 Å². The fraction of sp³-hybridized carbons (Fsp3) is 0. The van der Waals surface area contributed by atoms with E-state index >= 15 is 0 Å². The number of aromatic nitrogens is 4. The van der Waals surface area contributed by atoms with Crippen LogP contribution in [0.25, 0.3) is 127 Å². The maximum Gasteiger partial charge on any atom is 0.164 e. The number of benzene rings is 11. The van der Waals surface area contributed by atoms with Crippen molar-refractivity contribution in [3.63, 3.8) is 0 Å². The van der Waals surface area contributed by atoms with Crippen molar-refractivity contribution in [3.8, 4) is 73.2 Å². The largest absolute Gasteiger partial charge is 0.309 e. The number of fused-ring (bicyclic) bond motifs is 6. The summed E-state index contributed by atoms with van der Waals surface area (Å²) in [5.74, 6) is 1.84. The first-order chi connectivity index (χ1) is 33.2. The van der Waals surface area contributed by atoms with E-state index in [0.717, 1.165) is 49.8 Å². The van der Waals surface area contributed by atoms with E-state index in [0.29, 0.717) is 17.5 Å². The normalized spacial score (nSPS) is 11.6. The van der Waals surface area contributed by atoms with Gasteiger partial charge in [0, 0.05) is 32.8 Å². The number of hydrogen-bond acceptors (Lipinski definition) is 3. The summed E-state index contributed by atoms with van der Waals surface area (Å²) >= 11 is 0. The first kappa shape index (κ1) is 38.5. The summed E-state index contributed by atoms with van der Waals surface area (Å²) in [5, 5.41) is 9.53. The third kappa shape index (κ3) is 6.65. The molecule has 312 valence electrons. The zero-order chi connectivity index (χ0) is 44.3. The van der Waals surface area contributed by atoms with E-state index < -0.39 is 0 Å². The molecule has 0 saturated carbocycles. The fourth-order valence-corrected chi connectivity index (χ4v) is 10.1. The van der Waals surface area contributed by atoms with Crippen molar-refractivity contribution in [3.05, 3.63) is 243 Å². The van der Waals surface area contributed by atoms with Crippen LogP contribution < -0.4 is 0 Å². The van der Waals surface area contributed by atoms with Gasteiger partial charge in [-0.3, -0.25) is 0 Å². The molecule has 0 N–H and O–H groups in total. The number of rotatable bonds is 7. The standard InChI is InChI=1S/C63H40N4/c1-3-23-49-42(15-1)17-13-29-51(49)44-35-33-41(34-36-44)45-19-11-21-47(39-45)61-64-62(48-22-12-20-46(40-48)52-30-14-18-43-16-2-4-24-50(43)52)66-63(65-61)57-37-38-60(54-26-6-5-25-53(54)57)67-58-31-9-7-27-55(58)56-28-8-10-32-59(56)67/h1-40H. The van der Waals surface area contributed by atoms with E-state index in [1.165, 1.54) is 60.0 Å². The molecule has 11 aromatic carbocycles. The molecule has 0 aliphatic rings. The van der Waals surface area contributed by atoms with Crippen molar-refractivity contribution in [1.82, 2.24) is 19.5 Å². The van der Waals surface area contributed by atoms with Gasteiger partial charge in [0.15, 0.2) is 17.5 Å². The molecule has 0 aliphatic carbocycles. The molecule has 0 spiro atoms. The zero-order valence-electron chi connectivity index (χ0n) is 36.4. The molecule has 67 heavy (non-hydrogen) atoms. The lowest BCUT2D eigenvalue weighted by atomic mass is 9.96. The fourth-order valence-electron chi connectivity index (χ4n) is 10.1. The maximum absolute atomic E-state index is 5.35. The summed E-state index contributed by atoms with van der Waals surface area (Å²) in [6, 6.07) is 86.5. The van der Waals surface area contributed by atoms with Gasteiger partial charge in [-0.05, 0) is 96.7 Å². The molecule has 0 aliphatic heterocycles. The van der Waals surface area contributed by atoms with Gasteiger partial charge in [-0.2, -0.15) is 0 Å². The predicted octanol–water partition coefficient (Wildman–Crippen LogP) is 16.4. The monoisotopic (exact) mass is 852 g/mol. The van der Waals surface area contributed by atoms with Crippen molar-refractivity contribution < 1.29 is 0 Å². The molecule has 0 amide bonds. The molecule has 13 aromatic rings. The highest BCUT2D eigenvalue weighted by Crippen LogP contribution is 2.39. The molecule has 4 heteroatoms. The summed E-state index contributed by atoms with van der Waals surface area (Å²) in [7, 11) is 0. The van der Waals surface area contributed by atoms with Gasteiger partial charge >= 0.3 is 0 Å². The average Bonchev–Trinajstić information content (AvgIpc) is 3.74. The van der Waals surface area contributed by atoms with Gasteiger partial charge in [-0.1, -0.05) is 206 Å². The van der Waals surface area contributed by atoms with Crippen molar-refractivity contribution in [2.45, 2.75) is 0 Å². The van der Waals surface area contributed by atoms with Crippen LogP contribution in [0.3, 0.4) is 0 Å². The SMILES string of the molecule is c1cc(-c2ccc(-c3cccc4ccccc34)cc2)cc(-c2nc(-c3cccc(-c4cccc5ccccc45)c3)nc(-c3ccc(-n4c5ccccc5c5ccccc54)c4ccccc34)n2)c1. The zero-order valence-corrected chi connectivity index (χ0v) is 36.4. The average molecular weight is 853 g/mol. The summed E-state index contributed by atoms with van der Waals surface area (Å²) in [5.41, 5.74) is 13.1. The highest BCUT2D eigenvalue weighted by atomic mass is 15.0. The van der Waals surface area contributed by atoms with E-state index in [1.807, 2.05) is 0 Å². The van der Waals surface area contributed by atoms with Gasteiger partial charge in [-0.25, -0.2) is 15.0 Å². The number of hydrogen-bond donors (Lipinski definition) is 0. The van der Waals surface area contributed by atoms with E-state index in [1.54, 1.807) is 0 Å². The van der Waals surface area contributed by atoms with Crippen LogP contribution in [0.1, 0.15) is 0 Å². The Balaban J connectivity index is 0.968. The Morgan fingerprint density at radius 3 is 1.30 bits per heavy atom. The lowest BCUT2D eigenvalue weighted by Gasteiger charge is -2.15. The van der Waals surface area contributed by atoms with Crippen LogP contribution in [0, 0.1) is 0 Å². The van der Waals surface area contributed by atoms with Crippen LogP contribution in [0.4, 0.5) is 0 Å². The number of nitrogens with zero attached hydrogens (tertiary/aromatic N) is 4. The molecule has 0 unspecified atom stereocenters. The minimum atomic E-state index is 0.611. The summed E-state index contributed by atoms with van der Waals surface area (Å²) in [6.45, 7) is 0. The molecule has 0 bridgehead atoms. The lowest BCUT2D eigenvalue weighted by molar-refractivity contribution is 1.08. The topological polar surface area (TPSA) is 43.6 Å².